The summed E-state index contributed by atoms with van der Waals surface area (Å²) in [7, 11) is -4.22. The molecule has 224 valence electrons. The van der Waals surface area contributed by atoms with Crippen molar-refractivity contribution in [3.05, 3.63) is 92.4 Å². The van der Waals surface area contributed by atoms with Crippen molar-refractivity contribution in [1.29, 1.82) is 0 Å². The van der Waals surface area contributed by atoms with Gasteiger partial charge in [-0.2, -0.15) is 0 Å². The second-order valence-corrected chi connectivity index (χ2v) is 14.3. The Kier molecular flexibility index (Phi) is 11.0. The molecule has 1 saturated carbocycles. The zero-order valence-electron chi connectivity index (χ0n) is 23.5. The van der Waals surface area contributed by atoms with Gasteiger partial charge in [-0.15, -0.1) is 0 Å². The van der Waals surface area contributed by atoms with E-state index in [0.717, 1.165) is 52.0 Å². The highest BCUT2D eigenvalue weighted by molar-refractivity contribution is 9.10. The molecule has 1 fully saturated rings. The smallest absolute Gasteiger partial charge is 0.264 e. The zero-order chi connectivity index (χ0) is 30.4. The fourth-order valence-electron chi connectivity index (χ4n) is 4.99. The SMILES string of the molecule is Cc1ccc(S(=O)(=O)N(CC(=O)N(Cc2ccc(Br)cc2)[C@H](C)C(=O)NC2CCCCC2)c2cc(Cl)cc(Cl)c2)cc1. The normalized spacial score (nSPS) is 14.7. The highest BCUT2D eigenvalue weighted by Crippen LogP contribution is 2.30. The second-order valence-electron chi connectivity index (χ2n) is 10.6. The number of carbonyl (C=O) groups excluding carboxylic acids is 2. The molecule has 4 rings (SSSR count). The first kappa shape index (κ1) is 32.3. The first-order valence-electron chi connectivity index (χ1n) is 13.8. The third-order valence-corrected chi connectivity index (χ3v) is 10.2. The van der Waals surface area contributed by atoms with Crippen LogP contribution in [0.2, 0.25) is 10.0 Å². The molecule has 0 aliphatic heterocycles. The van der Waals surface area contributed by atoms with Crippen molar-refractivity contribution < 1.29 is 18.0 Å². The van der Waals surface area contributed by atoms with E-state index in [9.17, 15) is 18.0 Å². The minimum Gasteiger partial charge on any atom is -0.352 e. The van der Waals surface area contributed by atoms with Crippen molar-refractivity contribution in [2.75, 3.05) is 10.8 Å². The van der Waals surface area contributed by atoms with Crippen molar-refractivity contribution in [3.63, 3.8) is 0 Å². The minimum atomic E-state index is -4.22. The van der Waals surface area contributed by atoms with Gasteiger partial charge in [0.15, 0.2) is 0 Å². The van der Waals surface area contributed by atoms with Gasteiger partial charge >= 0.3 is 0 Å². The molecule has 3 aromatic rings. The standard InChI is InChI=1S/C31H34BrCl2N3O4S/c1-21-8-14-29(15-9-21)42(40,41)37(28-17-25(33)16-26(34)18-28)20-30(38)36(19-23-10-12-24(32)13-11-23)22(2)31(39)35-27-6-4-3-5-7-27/h8-18,22,27H,3-7,19-20H2,1-2H3,(H,35,39)/t22-/m1/s1. The van der Waals surface area contributed by atoms with Gasteiger partial charge in [0, 0.05) is 27.1 Å². The molecule has 0 saturated heterocycles. The molecule has 1 atom stereocenters. The number of carbonyl (C=O) groups is 2. The Hall–Kier alpha value is -2.59. The maximum absolute atomic E-state index is 14.1. The fraction of sp³-hybridized carbons (Fsp3) is 0.355. The van der Waals surface area contributed by atoms with Crippen molar-refractivity contribution in [2.45, 2.75) is 69.5 Å². The third-order valence-electron chi connectivity index (χ3n) is 7.41. The predicted octanol–water partition coefficient (Wildman–Crippen LogP) is 7.13. The number of aryl methyl sites for hydroxylation is 1. The summed E-state index contributed by atoms with van der Waals surface area (Å²) in [6.45, 7) is 3.07. The second kappa shape index (κ2) is 14.3. The fourth-order valence-corrected chi connectivity index (χ4v) is 7.16. The van der Waals surface area contributed by atoms with Crippen LogP contribution in [0.3, 0.4) is 0 Å². The van der Waals surface area contributed by atoms with Crippen LogP contribution in [0.25, 0.3) is 0 Å². The Balaban J connectivity index is 1.69. The van der Waals surface area contributed by atoms with Crippen LogP contribution in [0.4, 0.5) is 5.69 Å². The molecule has 1 N–H and O–H groups in total. The molecule has 2 amide bonds. The molecule has 7 nitrogen and oxygen atoms in total. The predicted molar refractivity (Wildman–Crippen MR) is 171 cm³/mol. The van der Waals surface area contributed by atoms with Gasteiger partial charge in [-0.1, -0.05) is 88.2 Å². The molecule has 0 spiro atoms. The van der Waals surface area contributed by atoms with E-state index >= 15 is 0 Å². The number of sulfonamides is 1. The number of rotatable bonds is 10. The summed E-state index contributed by atoms with van der Waals surface area (Å²) in [6.07, 6.45) is 5.05. The molecule has 0 unspecified atom stereocenters. The van der Waals surface area contributed by atoms with Crippen molar-refractivity contribution in [3.8, 4) is 0 Å². The highest BCUT2D eigenvalue weighted by atomic mass is 79.9. The van der Waals surface area contributed by atoms with E-state index in [1.54, 1.807) is 19.1 Å². The van der Waals surface area contributed by atoms with E-state index in [1.165, 1.54) is 35.2 Å². The Morgan fingerprint density at radius 2 is 1.55 bits per heavy atom. The molecular formula is C31H34BrCl2N3O4S. The molecule has 11 heteroatoms. The summed E-state index contributed by atoms with van der Waals surface area (Å²) >= 11 is 15.9. The van der Waals surface area contributed by atoms with E-state index in [1.807, 2.05) is 31.2 Å². The lowest BCUT2D eigenvalue weighted by molar-refractivity contribution is -0.139. The summed E-state index contributed by atoms with van der Waals surface area (Å²) in [5, 5.41) is 3.55. The van der Waals surface area contributed by atoms with Crippen LogP contribution in [0.15, 0.2) is 76.1 Å². The third kappa shape index (κ3) is 8.28. The van der Waals surface area contributed by atoms with Crippen LogP contribution in [0.1, 0.15) is 50.2 Å². The van der Waals surface area contributed by atoms with Gasteiger partial charge in [0.05, 0.1) is 10.6 Å². The molecule has 0 bridgehead atoms. The maximum atomic E-state index is 14.1. The van der Waals surface area contributed by atoms with Gasteiger partial charge < -0.3 is 10.2 Å². The lowest BCUT2D eigenvalue weighted by Crippen LogP contribution is -2.53. The quantitative estimate of drug-likeness (QED) is 0.245. The van der Waals surface area contributed by atoms with E-state index in [2.05, 4.69) is 21.2 Å². The summed E-state index contributed by atoms with van der Waals surface area (Å²) in [6, 6.07) is 17.4. The lowest BCUT2D eigenvalue weighted by Gasteiger charge is -2.33. The Morgan fingerprint density at radius 3 is 2.14 bits per heavy atom. The van der Waals surface area contributed by atoms with Crippen LogP contribution < -0.4 is 9.62 Å². The maximum Gasteiger partial charge on any atom is 0.264 e. The van der Waals surface area contributed by atoms with E-state index < -0.39 is 28.5 Å². The van der Waals surface area contributed by atoms with Gasteiger partial charge in [0.2, 0.25) is 11.8 Å². The Morgan fingerprint density at radius 1 is 0.952 bits per heavy atom. The molecular weight excluding hydrogens is 661 g/mol. The topological polar surface area (TPSA) is 86.8 Å². The number of hydrogen-bond donors (Lipinski definition) is 1. The van der Waals surface area contributed by atoms with E-state index in [4.69, 9.17) is 23.2 Å². The van der Waals surface area contributed by atoms with E-state index in [0.29, 0.717) is 0 Å². The molecule has 1 aliphatic carbocycles. The van der Waals surface area contributed by atoms with Crippen LogP contribution >= 0.6 is 39.1 Å². The highest BCUT2D eigenvalue weighted by Gasteiger charge is 2.33. The summed E-state index contributed by atoms with van der Waals surface area (Å²) in [5.41, 5.74) is 1.83. The van der Waals surface area contributed by atoms with Crippen LogP contribution in [0.5, 0.6) is 0 Å². The van der Waals surface area contributed by atoms with Crippen LogP contribution in [-0.2, 0) is 26.2 Å². The summed E-state index contributed by atoms with van der Waals surface area (Å²) in [4.78, 5) is 29.0. The summed E-state index contributed by atoms with van der Waals surface area (Å²) < 4.78 is 29.8. The minimum absolute atomic E-state index is 0.0135. The first-order chi connectivity index (χ1) is 19.9. The van der Waals surface area contributed by atoms with Gasteiger partial charge in [0.1, 0.15) is 12.6 Å². The number of nitrogens with zero attached hydrogens (tertiary/aromatic N) is 2. The molecule has 0 aromatic heterocycles. The van der Waals surface area contributed by atoms with Gasteiger partial charge in [0.25, 0.3) is 10.0 Å². The van der Waals surface area contributed by atoms with Gasteiger partial charge in [-0.3, -0.25) is 13.9 Å². The number of halogens is 3. The number of anilines is 1. The van der Waals surface area contributed by atoms with E-state index in [-0.39, 0.29) is 39.1 Å². The molecule has 42 heavy (non-hydrogen) atoms. The average molecular weight is 696 g/mol. The van der Waals surface area contributed by atoms with Gasteiger partial charge in [-0.25, -0.2) is 8.42 Å². The first-order valence-corrected chi connectivity index (χ1v) is 16.8. The molecule has 0 radical (unpaired) electrons. The largest absolute Gasteiger partial charge is 0.352 e. The zero-order valence-corrected chi connectivity index (χ0v) is 27.4. The molecule has 0 heterocycles. The van der Waals surface area contributed by atoms with Crippen molar-refractivity contribution >= 4 is 66.7 Å². The van der Waals surface area contributed by atoms with Crippen molar-refractivity contribution in [1.82, 2.24) is 10.2 Å². The number of nitrogens with one attached hydrogen (secondary N) is 1. The number of hydrogen-bond acceptors (Lipinski definition) is 4. The van der Waals surface area contributed by atoms with Gasteiger partial charge in [-0.05, 0) is 74.7 Å². The molecule has 1 aliphatic rings. The number of benzene rings is 3. The monoisotopic (exact) mass is 693 g/mol. The molecule has 3 aromatic carbocycles. The van der Waals surface area contributed by atoms with Crippen molar-refractivity contribution in [2.24, 2.45) is 0 Å². The van der Waals surface area contributed by atoms with Crippen LogP contribution in [-0.4, -0.2) is 43.8 Å². The number of amides is 2. The van der Waals surface area contributed by atoms with Crippen LogP contribution in [0, 0.1) is 6.92 Å². The Bertz CT molecular complexity index is 1490. The average Bonchev–Trinajstić information content (AvgIpc) is 2.95. The Labute approximate surface area is 266 Å². The summed E-state index contributed by atoms with van der Waals surface area (Å²) in [5.74, 6) is -0.817. The lowest BCUT2D eigenvalue weighted by atomic mass is 9.95.